The smallest absolute Gasteiger partial charge is 0.433 e. The van der Waals surface area contributed by atoms with Crippen LogP contribution in [-0.4, -0.2) is 26.5 Å². The number of carbonyl (C=O) groups is 1. The third kappa shape index (κ3) is 4.67. The number of alkyl halides is 3. The van der Waals surface area contributed by atoms with Gasteiger partial charge in [-0.25, -0.2) is 13.2 Å². The number of cyclic esters (lactones) is 1. The van der Waals surface area contributed by atoms with E-state index in [1.54, 1.807) is 0 Å². The van der Waals surface area contributed by atoms with Gasteiger partial charge in [0, 0.05) is 17.3 Å². The maximum atomic E-state index is 13.3. The van der Waals surface area contributed by atoms with E-state index >= 15 is 0 Å². The number of esters is 1. The van der Waals surface area contributed by atoms with E-state index in [1.165, 1.54) is 31.4 Å². The average molecular weight is 568 g/mol. The molecule has 4 bridgehead atoms. The third-order valence-electron chi connectivity index (χ3n) is 5.07. The van der Waals surface area contributed by atoms with E-state index in [2.05, 4.69) is 25.6 Å². The van der Waals surface area contributed by atoms with Crippen molar-refractivity contribution in [2.75, 3.05) is 11.8 Å². The minimum Gasteiger partial charge on any atom is -0.494 e. The maximum Gasteiger partial charge on any atom is 0.433 e. The summed E-state index contributed by atoms with van der Waals surface area (Å²) in [4.78, 5) is 15.8. The number of nitrogens with zero attached hydrogens (tertiary/aromatic N) is 2. The fourth-order valence-electron chi connectivity index (χ4n) is 3.44. The second-order valence-electron chi connectivity index (χ2n) is 7.27. The quantitative estimate of drug-likeness (QED) is 0.416. The molecule has 13 heteroatoms. The van der Waals surface area contributed by atoms with Gasteiger partial charge < -0.3 is 9.47 Å². The molecule has 0 amide bonds. The number of hydrogen-bond donors (Lipinski definition) is 1. The largest absolute Gasteiger partial charge is 0.494 e. The van der Waals surface area contributed by atoms with Crippen LogP contribution in [-0.2, 0) is 27.5 Å². The summed E-state index contributed by atoms with van der Waals surface area (Å²) in [6.45, 7) is -0.561. The van der Waals surface area contributed by atoms with Crippen molar-refractivity contribution in [3.63, 3.8) is 0 Å². The van der Waals surface area contributed by atoms with E-state index in [-0.39, 0.29) is 43.7 Å². The Bertz CT molecular complexity index is 1520. The first kappa shape index (κ1) is 24.5. The van der Waals surface area contributed by atoms with Crippen molar-refractivity contribution >= 4 is 37.6 Å². The molecular weight excluding hydrogens is 555 g/mol. The number of ether oxygens (including phenoxy) is 2. The van der Waals surface area contributed by atoms with Gasteiger partial charge in [0.15, 0.2) is 5.75 Å². The van der Waals surface area contributed by atoms with Gasteiger partial charge in [-0.2, -0.15) is 18.4 Å². The third-order valence-corrected chi connectivity index (χ3v) is 7.03. The molecule has 1 aliphatic rings. The van der Waals surface area contributed by atoms with Crippen molar-refractivity contribution in [1.29, 1.82) is 5.26 Å². The molecule has 0 atom stereocenters. The number of benzene rings is 2. The van der Waals surface area contributed by atoms with E-state index in [9.17, 15) is 31.6 Å². The average Bonchev–Trinajstić information content (AvgIpc) is 2.80. The molecule has 4 rings (SSSR count). The van der Waals surface area contributed by atoms with Crippen LogP contribution < -0.4 is 9.46 Å². The number of methoxy groups -OCH3 is 1. The fourth-order valence-corrected chi connectivity index (χ4v) is 5.48. The number of halogens is 4. The van der Waals surface area contributed by atoms with Gasteiger partial charge in [-0.15, -0.1) is 0 Å². The molecule has 2 heterocycles. The Morgan fingerprint density at radius 1 is 1.20 bits per heavy atom. The monoisotopic (exact) mass is 567 g/mol. The highest BCUT2D eigenvalue weighted by atomic mass is 79.9. The van der Waals surface area contributed by atoms with Crippen LogP contribution >= 0.6 is 15.9 Å². The molecule has 1 aliphatic heterocycles. The zero-order chi connectivity index (χ0) is 25.5. The van der Waals surface area contributed by atoms with Crippen molar-refractivity contribution in [3.8, 4) is 22.9 Å². The van der Waals surface area contributed by atoms with Crippen LogP contribution in [0.15, 0.2) is 52.0 Å². The van der Waals surface area contributed by atoms with Crippen molar-refractivity contribution < 1.29 is 35.9 Å². The van der Waals surface area contributed by atoms with E-state index in [1.807, 2.05) is 6.07 Å². The minimum absolute atomic E-state index is 0.0220. The maximum absolute atomic E-state index is 13.3. The molecule has 180 valence electrons. The lowest BCUT2D eigenvalue weighted by Crippen LogP contribution is -2.16. The van der Waals surface area contributed by atoms with Crippen LogP contribution in [0.3, 0.4) is 0 Å². The number of hydrogen-bond acceptors (Lipinski definition) is 7. The number of sulfonamides is 1. The number of aromatic nitrogens is 1. The molecule has 0 radical (unpaired) electrons. The standard InChI is InChI=1S/C22H13BrF3N3O5S/c1-33-20-16(23)4-13-6-18(20)35(31,32)29-17-5-11(2-3-12(17)8-27)15-9-28-19(22(24,25)26)7-14(15)10-34-21(13)30/h2-7,9,29H,10H2,1H3. The summed E-state index contributed by atoms with van der Waals surface area (Å²) >= 11 is 3.16. The van der Waals surface area contributed by atoms with E-state index in [4.69, 9.17) is 9.47 Å². The topological polar surface area (TPSA) is 118 Å². The van der Waals surface area contributed by atoms with E-state index in [0.29, 0.717) is 0 Å². The van der Waals surface area contributed by atoms with Gasteiger partial charge in [-0.3, -0.25) is 9.71 Å². The molecule has 0 spiro atoms. The molecule has 2 aromatic carbocycles. The molecule has 0 saturated heterocycles. The normalized spacial score (nSPS) is 14.7. The Labute approximate surface area is 205 Å². The summed E-state index contributed by atoms with van der Waals surface area (Å²) in [5.74, 6) is -1.09. The molecule has 0 fully saturated rings. The molecule has 1 aromatic heterocycles. The van der Waals surface area contributed by atoms with Crippen LogP contribution in [0.5, 0.6) is 5.75 Å². The van der Waals surface area contributed by atoms with Crippen LogP contribution in [0.2, 0.25) is 0 Å². The van der Waals surface area contributed by atoms with Crippen LogP contribution in [0.4, 0.5) is 18.9 Å². The first-order valence-electron chi connectivity index (χ1n) is 9.62. The Hall–Kier alpha value is -3.63. The summed E-state index contributed by atoms with van der Waals surface area (Å²) in [7, 11) is -3.18. The second-order valence-corrected chi connectivity index (χ2v) is 9.77. The fraction of sp³-hybridized carbons (Fsp3) is 0.136. The van der Waals surface area contributed by atoms with Gasteiger partial charge in [0.2, 0.25) is 0 Å². The van der Waals surface area contributed by atoms with Gasteiger partial charge in [0.25, 0.3) is 10.0 Å². The van der Waals surface area contributed by atoms with Crippen molar-refractivity contribution in [3.05, 3.63) is 69.5 Å². The summed E-state index contributed by atoms with van der Waals surface area (Å²) in [6.07, 6.45) is -3.80. The van der Waals surface area contributed by atoms with Crippen molar-refractivity contribution in [2.24, 2.45) is 0 Å². The van der Waals surface area contributed by atoms with Gasteiger partial charge in [-0.1, -0.05) is 6.07 Å². The van der Waals surface area contributed by atoms with Crippen LogP contribution in [0, 0.1) is 11.3 Å². The number of carbonyl (C=O) groups excluding carboxylic acids is 1. The number of nitriles is 1. The SMILES string of the molecule is COc1c(Br)cc2cc1S(=O)(=O)Nc1cc(ccc1C#N)-c1cnc(C(F)(F)F)cc1COC2=O. The Kier molecular flexibility index (Phi) is 6.20. The summed E-state index contributed by atoms with van der Waals surface area (Å²) in [5.41, 5.74) is -1.20. The Morgan fingerprint density at radius 2 is 1.94 bits per heavy atom. The predicted octanol–water partition coefficient (Wildman–Crippen LogP) is 4.88. The predicted molar refractivity (Wildman–Crippen MR) is 120 cm³/mol. The number of pyridine rings is 1. The van der Waals surface area contributed by atoms with Gasteiger partial charge in [-0.05, 0) is 51.8 Å². The highest BCUT2D eigenvalue weighted by Crippen LogP contribution is 2.38. The summed E-state index contributed by atoms with van der Waals surface area (Å²) in [5, 5.41) is 9.49. The molecule has 8 nitrogen and oxygen atoms in total. The van der Waals surface area contributed by atoms with E-state index in [0.717, 1.165) is 18.3 Å². The van der Waals surface area contributed by atoms with Gasteiger partial charge >= 0.3 is 12.1 Å². The molecule has 3 aromatic rings. The summed E-state index contributed by atoms with van der Waals surface area (Å²) in [6, 6.07) is 8.90. The lowest BCUT2D eigenvalue weighted by Gasteiger charge is -2.15. The lowest BCUT2D eigenvalue weighted by atomic mass is 9.99. The number of fused-ring (bicyclic) bond motifs is 6. The zero-order valence-electron chi connectivity index (χ0n) is 17.6. The number of nitrogens with one attached hydrogen (secondary N) is 1. The van der Waals surface area contributed by atoms with Gasteiger partial charge in [0.1, 0.15) is 23.3 Å². The number of anilines is 1. The molecular formula is C22H13BrF3N3O5S. The Morgan fingerprint density at radius 3 is 2.60 bits per heavy atom. The van der Waals surface area contributed by atoms with Crippen LogP contribution in [0.1, 0.15) is 27.2 Å². The molecule has 35 heavy (non-hydrogen) atoms. The molecule has 0 saturated carbocycles. The highest BCUT2D eigenvalue weighted by Gasteiger charge is 2.33. The van der Waals surface area contributed by atoms with Crippen molar-refractivity contribution in [1.82, 2.24) is 4.98 Å². The molecule has 1 N–H and O–H groups in total. The first-order chi connectivity index (χ1) is 16.4. The Balaban J connectivity index is 2.01. The van der Waals surface area contributed by atoms with Gasteiger partial charge in [0.05, 0.1) is 28.4 Å². The summed E-state index contributed by atoms with van der Waals surface area (Å²) < 4.78 is 79.3. The van der Waals surface area contributed by atoms with Crippen molar-refractivity contribution in [2.45, 2.75) is 17.7 Å². The molecule has 0 aliphatic carbocycles. The first-order valence-corrected chi connectivity index (χ1v) is 11.9. The number of rotatable bonds is 1. The zero-order valence-corrected chi connectivity index (χ0v) is 20.0. The highest BCUT2D eigenvalue weighted by molar-refractivity contribution is 9.10. The lowest BCUT2D eigenvalue weighted by molar-refractivity contribution is -0.141. The molecule has 0 unspecified atom stereocenters. The van der Waals surface area contributed by atoms with E-state index < -0.39 is 39.4 Å². The second kappa shape index (κ2) is 8.86. The minimum atomic E-state index is -4.75. The van der Waals surface area contributed by atoms with Crippen LogP contribution in [0.25, 0.3) is 11.1 Å².